The summed E-state index contributed by atoms with van der Waals surface area (Å²) in [5, 5.41) is 5.24. The summed E-state index contributed by atoms with van der Waals surface area (Å²) in [6.07, 6.45) is 12.1. The number of thiazole rings is 1. The average Bonchev–Trinajstić information content (AvgIpc) is 3.11. The SMILES string of the molecule is O=C(Cc1cn2ccsc2n1)NC1CCCC(C2CC2)C1. The summed E-state index contributed by atoms with van der Waals surface area (Å²) in [5.41, 5.74) is 0.869. The van der Waals surface area contributed by atoms with Gasteiger partial charge in [-0.1, -0.05) is 12.8 Å². The lowest BCUT2D eigenvalue weighted by Gasteiger charge is -2.29. The van der Waals surface area contributed by atoms with Crippen LogP contribution in [0.1, 0.15) is 44.2 Å². The van der Waals surface area contributed by atoms with Crippen LogP contribution in [0, 0.1) is 11.8 Å². The van der Waals surface area contributed by atoms with Gasteiger partial charge in [0.1, 0.15) is 0 Å². The molecule has 0 aromatic carbocycles. The zero-order valence-corrected chi connectivity index (χ0v) is 12.9. The molecule has 1 amide bonds. The molecule has 5 heteroatoms. The number of amides is 1. The monoisotopic (exact) mass is 303 g/mol. The van der Waals surface area contributed by atoms with Gasteiger partial charge in [0.15, 0.2) is 4.96 Å². The van der Waals surface area contributed by atoms with Gasteiger partial charge in [-0.15, -0.1) is 11.3 Å². The van der Waals surface area contributed by atoms with Crippen molar-refractivity contribution in [2.75, 3.05) is 0 Å². The van der Waals surface area contributed by atoms with E-state index in [1.807, 2.05) is 22.2 Å². The van der Waals surface area contributed by atoms with Crippen molar-refractivity contribution in [3.05, 3.63) is 23.5 Å². The molecule has 0 spiro atoms. The first-order chi connectivity index (χ1) is 10.3. The lowest BCUT2D eigenvalue weighted by atomic mass is 9.82. The van der Waals surface area contributed by atoms with E-state index in [4.69, 9.17) is 0 Å². The minimum absolute atomic E-state index is 0.127. The van der Waals surface area contributed by atoms with Crippen molar-refractivity contribution < 1.29 is 4.79 Å². The van der Waals surface area contributed by atoms with E-state index < -0.39 is 0 Å². The Bertz CT molecular complexity index is 614. The first-order valence-electron chi connectivity index (χ1n) is 7.98. The van der Waals surface area contributed by atoms with Crippen molar-refractivity contribution in [3.8, 4) is 0 Å². The van der Waals surface area contributed by atoms with Gasteiger partial charge < -0.3 is 5.32 Å². The summed E-state index contributed by atoms with van der Waals surface area (Å²) in [6, 6.07) is 0.389. The van der Waals surface area contributed by atoms with Crippen molar-refractivity contribution in [1.29, 1.82) is 0 Å². The molecular formula is C16H21N3OS. The van der Waals surface area contributed by atoms with Gasteiger partial charge in [0.2, 0.25) is 5.91 Å². The second kappa shape index (κ2) is 5.44. The van der Waals surface area contributed by atoms with Crippen molar-refractivity contribution in [2.24, 2.45) is 11.8 Å². The summed E-state index contributed by atoms with van der Waals surface area (Å²) in [5.74, 6) is 1.95. The van der Waals surface area contributed by atoms with Crippen LogP contribution in [0.4, 0.5) is 0 Å². The fourth-order valence-corrected chi connectivity index (χ4v) is 4.38. The number of nitrogens with zero attached hydrogens (tertiary/aromatic N) is 2. The Hall–Kier alpha value is -1.36. The van der Waals surface area contributed by atoms with Gasteiger partial charge in [-0.3, -0.25) is 9.20 Å². The summed E-state index contributed by atoms with van der Waals surface area (Å²) < 4.78 is 1.98. The largest absolute Gasteiger partial charge is 0.353 e. The lowest BCUT2D eigenvalue weighted by molar-refractivity contribution is -0.121. The number of carbonyl (C=O) groups is 1. The molecule has 0 aliphatic heterocycles. The highest BCUT2D eigenvalue weighted by molar-refractivity contribution is 7.15. The first kappa shape index (κ1) is 13.3. The van der Waals surface area contributed by atoms with E-state index >= 15 is 0 Å². The Morgan fingerprint density at radius 1 is 1.33 bits per heavy atom. The molecule has 2 heterocycles. The van der Waals surface area contributed by atoms with Crippen LogP contribution in [0.3, 0.4) is 0 Å². The Labute approximate surface area is 128 Å². The molecule has 2 aromatic rings. The van der Waals surface area contributed by atoms with Gasteiger partial charge in [0.05, 0.1) is 12.1 Å². The highest BCUT2D eigenvalue weighted by atomic mass is 32.1. The second-order valence-corrected chi connectivity index (χ2v) is 7.40. The topological polar surface area (TPSA) is 46.4 Å². The van der Waals surface area contributed by atoms with Crippen LogP contribution in [-0.2, 0) is 11.2 Å². The molecule has 2 aliphatic carbocycles. The zero-order chi connectivity index (χ0) is 14.2. The molecular weight excluding hydrogens is 282 g/mol. The molecule has 2 unspecified atom stereocenters. The first-order valence-corrected chi connectivity index (χ1v) is 8.86. The van der Waals surface area contributed by atoms with Crippen LogP contribution in [0.2, 0.25) is 0 Å². The number of carbonyl (C=O) groups excluding carboxylic acids is 1. The normalized spacial score (nSPS) is 26.1. The molecule has 4 rings (SSSR count). The third-order valence-corrected chi connectivity index (χ3v) is 5.62. The number of fused-ring (bicyclic) bond motifs is 1. The number of aromatic nitrogens is 2. The van der Waals surface area contributed by atoms with Crippen LogP contribution in [0.25, 0.3) is 4.96 Å². The molecule has 21 heavy (non-hydrogen) atoms. The Morgan fingerprint density at radius 2 is 2.24 bits per heavy atom. The fourth-order valence-electron chi connectivity index (χ4n) is 3.66. The van der Waals surface area contributed by atoms with Gasteiger partial charge >= 0.3 is 0 Å². The second-order valence-electron chi connectivity index (χ2n) is 6.53. The molecule has 2 aliphatic rings. The summed E-state index contributed by atoms with van der Waals surface area (Å²) in [6.45, 7) is 0. The van der Waals surface area contributed by atoms with Gasteiger partial charge in [0.25, 0.3) is 0 Å². The summed E-state index contributed by atoms with van der Waals surface area (Å²) >= 11 is 1.60. The molecule has 2 aromatic heterocycles. The summed E-state index contributed by atoms with van der Waals surface area (Å²) in [7, 11) is 0. The van der Waals surface area contributed by atoms with E-state index in [-0.39, 0.29) is 5.91 Å². The molecule has 2 atom stereocenters. The van der Waals surface area contributed by atoms with E-state index in [0.29, 0.717) is 12.5 Å². The molecule has 0 bridgehead atoms. The predicted octanol–water partition coefficient (Wildman–Crippen LogP) is 3.02. The van der Waals surface area contributed by atoms with Crippen LogP contribution >= 0.6 is 11.3 Å². The smallest absolute Gasteiger partial charge is 0.226 e. The Morgan fingerprint density at radius 3 is 3.05 bits per heavy atom. The number of nitrogens with one attached hydrogen (secondary N) is 1. The minimum Gasteiger partial charge on any atom is -0.353 e. The third kappa shape index (κ3) is 2.98. The van der Waals surface area contributed by atoms with Crippen molar-refractivity contribution in [2.45, 2.75) is 51.0 Å². The van der Waals surface area contributed by atoms with Gasteiger partial charge in [0, 0.05) is 23.8 Å². The summed E-state index contributed by atoms with van der Waals surface area (Å²) in [4.78, 5) is 17.7. The van der Waals surface area contributed by atoms with E-state index in [1.54, 1.807) is 11.3 Å². The molecule has 4 nitrogen and oxygen atoms in total. The van der Waals surface area contributed by atoms with Crippen molar-refractivity contribution >= 4 is 22.2 Å². The number of hydrogen-bond donors (Lipinski definition) is 1. The number of rotatable bonds is 4. The zero-order valence-electron chi connectivity index (χ0n) is 12.1. The maximum absolute atomic E-state index is 12.2. The van der Waals surface area contributed by atoms with Crippen LogP contribution in [0.15, 0.2) is 17.8 Å². The van der Waals surface area contributed by atoms with E-state index in [2.05, 4.69) is 10.3 Å². The molecule has 2 fully saturated rings. The molecule has 0 radical (unpaired) electrons. The minimum atomic E-state index is 0.127. The van der Waals surface area contributed by atoms with E-state index in [0.717, 1.165) is 28.9 Å². The third-order valence-electron chi connectivity index (χ3n) is 4.85. The van der Waals surface area contributed by atoms with Crippen LogP contribution in [-0.4, -0.2) is 21.3 Å². The van der Waals surface area contributed by atoms with Crippen LogP contribution < -0.4 is 5.32 Å². The highest BCUT2D eigenvalue weighted by Crippen LogP contribution is 2.43. The van der Waals surface area contributed by atoms with Crippen molar-refractivity contribution in [1.82, 2.24) is 14.7 Å². The highest BCUT2D eigenvalue weighted by Gasteiger charge is 2.35. The predicted molar refractivity (Wildman–Crippen MR) is 83.4 cm³/mol. The lowest BCUT2D eigenvalue weighted by Crippen LogP contribution is -2.39. The van der Waals surface area contributed by atoms with E-state index in [1.165, 1.54) is 32.1 Å². The molecule has 112 valence electrons. The maximum Gasteiger partial charge on any atom is 0.226 e. The quantitative estimate of drug-likeness (QED) is 0.943. The van der Waals surface area contributed by atoms with Crippen LogP contribution in [0.5, 0.6) is 0 Å². The maximum atomic E-state index is 12.2. The van der Waals surface area contributed by atoms with Gasteiger partial charge in [-0.05, 0) is 37.5 Å². The fraction of sp³-hybridized carbons (Fsp3) is 0.625. The Balaban J connectivity index is 1.33. The molecule has 0 saturated heterocycles. The van der Waals surface area contributed by atoms with E-state index in [9.17, 15) is 4.79 Å². The molecule has 1 N–H and O–H groups in total. The number of hydrogen-bond acceptors (Lipinski definition) is 3. The standard InChI is InChI=1S/C16H21N3OS/c20-15(9-14-10-19-6-7-21-16(19)18-14)17-13-3-1-2-12(8-13)11-4-5-11/h6-7,10-13H,1-5,8-9H2,(H,17,20). The van der Waals surface area contributed by atoms with Gasteiger partial charge in [-0.2, -0.15) is 0 Å². The molecule has 2 saturated carbocycles. The number of imidazole rings is 1. The van der Waals surface area contributed by atoms with Gasteiger partial charge in [-0.25, -0.2) is 4.98 Å². The Kier molecular flexibility index (Phi) is 3.45. The van der Waals surface area contributed by atoms with Crippen molar-refractivity contribution in [3.63, 3.8) is 0 Å². The average molecular weight is 303 g/mol.